The van der Waals surface area contributed by atoms with Gasteiger partial charge in [0.1, 0.15) is 11.8 Å². The highest BCUT2D eigenvalue weighted by molar-refractivity contribution is 5.46. The smallest absolute Gasteiger partial charge is 0.353 e. The summed E-state index contributed by atoms with van der Waals surface area (Å²) in [5, 5.41) is 15.5. The van der Waals surface area contributed by atoms with Crippen LogP contribution in [-0.2, 0) is 13.5 Å². The molecule has 0 radical (unpaired) electrons. The van der Waals surface area contributed by atoms with Gasteiger partial charge in [0, 0.05) is 13.1 Å². The number of ether oxygens (including phenoxy) is 1. The van der Waals surface area contributed by atoms with Gasteiger partial charge in [-0.15, -0.1) is 0 Å². The fraction of sp³-hybridized carbons (Fsp3) is 0.769. The van der Waals surface area contributed by atoms with Gasteiger partial charge in [0.2, 0.25) is 0 Å². The normalized spacial score (nSPS) is 22.8. The molecule has 0 bridgehead atoms. The average molecular weight is 282 g/mol. The van der Waals surface area contributed by atoms with Crippen LogP contribution in [-0.4, -0.2) is 26.8 Å². The molecule has 2 N–H and O–H groups in total. The predicted octanol–water partition coefficient (Wildman–Crippen LogP) is 1.93. The summed E-state index contributed by atoms with van der Waals surface area (Å²) in [6, 6.07) is 0.229. The molecular weight excluding hydrogens is 260 g/mol. The first-order valence-electron chi connectivity index (χ1n) is 7.15. The third kappa shape index (κ3) is 3.09. The van der Waals surface area contributed by atoms with E-state index >= 15 is 0 Å². The topological polar surface area (TPSA) is 96.2 Å². The zero-order chi connectivity index (χ0) is 14.7. The van der Waals surface area contributed by atoms with Crippen molar-refractivity contribution < 1.29 is 9.66 Å². The van der Waals surface area contributed by atoms with Crippen LogP contribution in [0.2, 0.25) is 0 Å². The van der Waals surface area contributed by atoms with Gasteiger partial charge in [-0.2, -0.15) is 5.10 Å². The van der Waals surface area contributed by atoms with E-state index in [0.717, 1.165) is 32.1 Å². The molecule has 1 aromatic heterocycles. The number of hydrogen-bond acceptors (Lipinski definition) is 5. The number of nitro groups is 1. The molecule has 1 aromatic rings. The number of rotatable bonds is 5. The summed E-state index contributed by atoms with van der Waals surface area (Å²) in [5.74, 6) is 0.277. The number of hydrogen-bond donors (Lipinski definition) is 1. The number of nitrogens with two attached hydrogens (primary N) is 1. The van der Waals surface area contributed by atoms with Gasteiger partial charge >= 0.3 is 5.69 Å². The first kappa shape index (κ1) is 14.8. The fourth-order valence-corrected chi connectivity index (χ4v) is 2.64. The highest BCUT2D eigenvalue weighted by atomic mass is 16.6. The van der Waals surface area contributed by atoms with Crippen LogP contribution < -0.4 is 10.5 Å². The van der Waals surface area contributed by atoms with Crippen LogP contribution >= 0.6 is 0 Å². The first-order chi connectivity index (χ1) is 9.52. The van der Waals surface area contributed by atoms with Crippen molar-refractivity contribution in [3.63, 3.8) is 0 Å². The molecule has 0 aromatic carbocycles. The molecule has 1 heterocycles. The Hall–Kier alpha value is -1.63. The van der Waals surface area contributed by atoms with Gasteiger partial charge in [0.05, 0.1) is 4.92 Å². The molecule has 2 rings (SSSR count). The molecule has 0 spiro atoms. The Morgan fingerprint density at radius 2 is 2.10 bits per heavy atom. The van der Waals surface area contributed by atoms with Crippen LogP contribution in [0.4, 0.5) is 5.69 Å². The summed E-state index contributed by atoms with van der Waals surface area (Å²) in [6.45, 7) is 1.97. The van der Waals surface area contributed by atoms with E-state index in [9.17, 15) is 10.1 Å². The fourth-order valence-electron chi connectivity index (χ4n) is 2.64. The van der Waals surface area contributed by atoms with E-state index in [-0.39, 0.29) is 28.6 Å². The minimum absolute atomic E-state index is 0.00150. The SMILES string of the molecule is CCCc1nn(C)c(OC2CCC(N)CC2)c1[N+](=O)[O-]. The lowest BCUT2D eigenvalue weighted by Crippen LogP contribution is -2.32. The highest BCUT2D eigenvalue weighted by Crippen LogP contribution is 2.33. The molecule has 0 atom stereocenters. The summed E-state index contributed by atoms with van der Waals surface area (Å²) in [6.07, 6.45) is 4.88. The first-order valence-corrected chi connectivity index (χ1v) is 7.15. The molecule has 112 valence electrons. The van der Waals surface area contributed by atoms with Gasteiger partial charge in [0.15, 0.2) is 0 Å². The van der Waals surface area contributed by atoms with Crippen molar-refractivity contribution in [1.82, 2.24) is 9.78 Å². The van der Waals surface area contributed by atoms with E-state index < -0.39 is 0 Å². The van der Waals surface area contributed by atoms with E-state index in [4.69, 9.17) is 10.5 Å². The highest BCUT2D eigenvalue weighted by Gasteiger charge is 2.30. The van der Waals surface area contributed by atoms with Crippen LogP contribution in [0, 0.1) is 10.1 Å². The van der Waals surface area contributed by atoms with Crippen molar-refractivity contribution in [2.24, 2.45) is 12.8 Å². The van der Waals surface area contributed by atoms with Gasteiger partial charge in [-0.25, -0.2) is 4.68 Å². The van der Waals surface area contributed by atoms with Gasteiger partial charge in [-0.1, -0.05) is 13.3 Å². The lowest BCUT2D eigenvalue weighted by Gasteiger charge is -2.26. The second kappa shape index (κ2) is 6.21. The van der Waals surface area contributed by atoms with Crippen molar-refractivity contribution in [3.8, 4) is 5.88 Å². The van der Waals surface area contributed by atoms with Crippen molar-refractivity contribution in [1.29, 1.82) is 0 Å². The summed E-state index contributed by atoms with van der Waals surface area (Å²) in [5.41, 5.74) is 6.38. The molecule has 7 heteroatoms. The van der Waals surface area contributed by atoms with Gasteiger partial charge in [-0.3, -0.25) is 10.1 Å². The summed E-state index contributed by atoms with van der Waals surface area (Å²) in [7, 11) is 1.69. The molecule has 1 saturated carbocycles. The van der Waals surface area contributed by atoms with E-state index in [1.165, 1.54) is 4.68 Å². The lowest BCUT2D eigenvalue weighted by atomic mass is 9.94. The summed E-state index contributed by atoms with van der Waals surface area (Å²) >= 11 is 0. The Labute approximate surface area is 118 Å². The van der Waals surface area contributed by atoms with Gasteiger partial charge < -0.3 is 10.5 Å². The van der Waals surface area contributed by atoms with Gasteiger partial charge in [-0.05, 0) is 32.1 Å². The van der Waals surface area contributed by atoms with Crippen LogP contribution in [0.1, 0.15) is 44.7 Å². The molecule has 1 aliphatic rings. The van der Waals surface area contributed by atoms with Crippen LogP contribution in [0.15, 0.2) is 0 Å². The molecule has 7 nitrogen and oxygen atoms in total. The minimum Gasteiger partial charge on any atom is -0.470 e. The molecule has 0 saturated heterocycles. The Morgan fingerprint density at radius 3 is 2.65 bits per heavy atom. The Bertz CT molecular complexity index is 478. The van der Waals surface area contributed by atoms with Crippen molar-refractivity contribution in [2.45, 2.75) is 57.6 Å². The monoisotopic (exact) mass is 282 g/mol. The molecule has 1 aliphatic carbocycles. The second-order valence-corrected chi connectivity index (χ2v) is 5.39. The van der Waals surface area contributed by atoms with E-state index in [1.54, 1.807) is 7.05 Å². The van der Waals surface area contributed by atoms with Crippen molar-refractivity contribution in [2.75, 3.05) is 0 Å². The maximum atomic E-state index is 11.3. The van der Waals surface area contributed by atoms with Gasteiger partial charge in [0.25, 0.3) is 5.88 Å². The molecule has 20 heavy (non-hydrogen) atoms. The molecule has 1 fully saturated rings. The zero-order valence-electron chi connectivity index (χ0n) is 12.0. The lowest BCUT2D eigenvalue weighted by molar-refractivity contribution is -0.386. The Kier molecular flexibility index (Phi) is 4.59. The average Bonchev–Trinajstić information content (AvgIpc) is 2.69. The maximum Gasteiger partial charge on any atom is 0.353 e. The number of nitrogens with zero attached hydrogens (tertiary/aromatic N) is 3. The molecule has 0 unspecified atom stereocenters. The quantitative estimate of drug-likeness (QED) is 0.657. The van der Waals surface area contributed by atoms with Crippen LogP contribution in [0.25, 0.3) is 0 Å². The molecular formula is C13H22N4O3. The largest absolute Gasteiger partial charge is 0.470 e. The van der Waals surface area contributed by atoms with Crippen LogP contribution in [0.3, 0.4) is 0 Å². The Balaban J connectivity index is 2.19. The minimum atomic E-state index is -0.387. The second-order valence-electron chi connectivity index (χ2n) is 5.39. The summed E-state index contributed by atoms with van der Waals surface area (Å²) in [4.78, 5) is 10.9. The zero-order valence-corrected chi connectivity index (χ0v) is 12.0. The number of aromatic nitrogens is 2. The molecule has 0 amide bonds. The van der Waals surface area contributed by atoms with E-state index in [1.807, 2.05) is 6.92 Å². The maximum absolute atomic E-state index is 11.3. The van der Waals surface area contributed by atoms with E-state index in [0.29, 0.717) is 12.1 Å². The molecule has 0 aliphatic heterocycles. The summed E-state index contributed by atoms with van der Waals surface area (Å²) < 4.78 is 7.34. The third-order valence-electron chi connectivity index (χ3n) is 3.71. The Morgan fingerprint density at radius 1 is 1.45 bits per heavy atom. The number of aryl methyl sites for hydroxylation is 2. The predicted molar refractivity (Wildman–Crippen MR) is 74.7 cm³/mol. The standard InChI is InChI=1S/C13H22N4O3/c1-3-4-11-12(17(18)19)13(16(2)15-11)20-10-7-5-9(14)6-8-10/h9-10H,3-8,14H2,1-2H3. The van der Waals surface area contributed by atoms with Crippen molar-refractivity contribution >= 4 is 5.69 Å². The van der Waals surface area contributed by atoms with E-state index in [2.05, 4.69) is 5.10 Å². The van der Waals surface area contributed by atoms with Crippen LogP contribution in [0.5, 0.6) is 5.88 Å². The third-order valence-corrected chi connectivity index (χ3v) is 3.71. The van der Waals surface area contributed by atoms with Crippen molar-refractivity contribution in [3.05, 3.63) is 15.8 Å².